The van der Waals surface area contributed by atoms with Gasteiger partial charge in [-0.05, 0) is 12.5 Å². The van der Waals surface area contributed by atoms with Crippen LogP contribution >= 0.6 is 0 Å². The number of hydrogen-bond acceptors (Lipinski definition) is 7. The first-order valence-corrected chi connectivity index (χ1v) is 8.84. The molecule has 0 saturated carbocycles. The Labute approximate surface area is 167 Å². The Kier molecular flexibility index (Phi) is 9.72. The molecule has 0 aromatic heterocycles. The van der Waals surface area contributed by atoms with Crippen molar-refractivity contribution in [3.63, 3.8) is 0 Å². The summed E-state index contributed by atoms with van der Waals surface area (Å²) in [5.41, 5.74) is 6.16. The maximum atomic E-state index is 12.5. The molecule has 3 amide bonds. The number of rotatable bonds is 11. The van der Waals surface area contributed by atoms with Gasteiger partial charge in [-0.2, -0.15) is 0 Å². The molecule has 29 heavy (non-hydrogen) atoms. The normalized spacial score (nSPS) is 14.8. The van der Waals surface area contributed by atoms with Gasteiger partial charge in [-0.15, -0.1) is 0 Å². The summed E-state index contributed by atoms with van der Waals surface area (Å²) >= 11 is 0. The fourth-order valence-corrected chi connectivity index (χ4v) is 2.27. The van der Waals surface area contributed by atoms with E-state index in [1.165, 1.54) is 6.92 Å². The Morgan fingerprint density at radius 2 is 1.66 bits per heavy atom. The van der Waals surface area contributed by atoms with E-state index >= 15 is 0 Å². The molecule has 1 rings (SSSR count). The summed E-state index contributed by atoms with van der Waals surface area (Å²) in [6, 6.07) is 4.78. The number of carbonyl (C=O) groups excluding carboxylic acids is 3. The summed E-state index contributed by atoms with van der Waals surface area (Å²) in [5.74, 6) is -3.70. The standard InChI is InChI=1S/C18H26N4O7/c1-10(24)15(19)17(27)20-8-14(25)21-12(7-11-5-3-2-4-6-11)16(26)22-13(9-23)18(28)29/h2-6,10,12-13,15,23-24H,7-9,19H2,1H3,(H,20,27)(H,21,25)(H,22,26)(H,28,29). The van der Waals surface area contributed by atoms with Gasteiger partial charge in [0.05, 0.1) is 19.3 Å². The predicted molar refractivity (Wildman–Crippen MR) is 101 cm³/mol. The average molecular weight is 410 g/mol. The van der Waals surface area contributed by atoms with Gasteiger partial charge in [-0.1, -0.05) is 30.3 Å². The topological polar surface area (TPSA) is 191 Å². The molecule has 0 bridgehead atoms. The van der Waals surface area contributed by atoms with E-state index in [4.69, 9.17) is 15.9 Å². The quantitative estimate of drug-likeness (QED) is 0.202. The number of amides is 3. The van der Waals surface area contributed by atoms with Crippen molar-refractivity contribution < 1.29 is 34.5 Å². The van der Waals surface area contributed by atoms with Gasteiger partial charge in [0.2, 0.25) is 17.7 Å². The zero-order valence-electron chi connectivity index (χ0n) is 15.9. The monoisotopic (exact) mass is 410 g/mol. The largest absolute Gasteiger partial charge is 0.480 e. The van der Waals surface area contributed by atoms with Gasteiger partial charge in [0.1, 0.15) is 18.1 Å². The first kappa shape index (κ1) is 24.0. The molecule has 1 aromatic rings. The number of nitrogens with one attached hydrogen (secondary N) is 3. The van der Waals surface area contributed by atoms with Crippen molar-refractivity contribution in [2.75, 3.05) is 13.2 Å². The number of carboxylic acid groups (broad SMARTS) is 1. The summed E-state index contributed by atoms with van der Waals surface area (Å²) in [6.07, 6.45) is -1.06. The summed E-state index contributed by atoms with van der Waals surface area (Å²) in [5, 5.41) is 34.1. The van der Waals surface area contributed by atoms with Crippen LogP contribution in [-0.4, -0.2) is 76.4 Å². The Bertz CT molecular complexity index is 711. The van der Waals surface area contributed by atoms with Gasteiger partial charge in [0, 0.05) is 6.42 Å². The number of aliphatic carboxylic acids is 1. The van der Waals surface area contributed by atoms with Crippen molar-refractivity contribution in [3.8, 4) is 0 Å². The van der Waals surface area contributed by atoms with Gasteiger partial charge < -0.3 is 37.0 Å². The fourth-order valence-electron chi connectivity index (χ4n) is 2.27. The van der Waals surface area contributed by atoms with Crippen LogP contribution in [0, 0.1) is 0 Å². The second-order valence-electron chi connectivity index (χ2n) is 6.38. The zero-order valence-corrected chi connectivity index (χ0v) is 15.9. The minimum Gasteiger partial charge on any atom is -0.480 e. The number of hydrogen-bond donors (Lipinski definition) is 7. The maximum absolute atomic E-state index is 12.5. The van der Waals surface area contributed by atoms with Crippen LogP contribution in [0.2, 0.25) is 0 Å². The van der Waals surface area contributed by atoms with Gasteiger partial charge in [-0.3, -0.25) is 14.4 Å². The molecular formula is C18H26N4O7. The molecule has 0 spiro atoms. The lowest BCUT2D eigenvalue weighted by molar-refractivity contribution is -0.143. The van der Waals surface area contributed by atoms with Crippen molar-refractivity contribution >= 4 is 23.7 Å². The molecule has 160 valence electrons. The number of aliphatic hydroxyl groups is 2. The summed E-state index contributed by atoms with van der Waals surface area (Å²) in [4.78, 5) is 47.3. The molecule has 4 unspecified atom stereocenters. The van der Waals surface area contributed by atoms with Crippen molar-refractivity contribution in [1.29, 1.82) is 0 Å². The SMILES string of the molecule is CC(O)C(N)C(=O)NCC(=O)NC(Cc1ccccc1)C(=O)NC(CO)C(=O)O. The minimum atomic E-state index is -1.53. The van der Waals surface area contributed by atoms with E-state index in [2.05, 4.69) is 16.0 Å². The van der Waals surface area contributed by atoms with E-state index in [1.807, 2.05) is 0 Å². The van der Waals surface area contributed by atoms with E-state index < -0.39 is 61.1 Å². The minimum absolute atomic E-state index is 0.0529. The molecule has 1 aromatic carbocycles. The molecule has 0 aliphatic rings. The molecule has 11 nitrogen and oxygen atoms in total. The fraction of sp³-hybridized carbons (Fsp3) is 0.444. The van der Waals surface area contributed by atoms with Crippen molar-refractivity contribution in [2.24, 2.45) is 5.73 Å². The van der Waals surface area contributed by atoms with Gasteiger partial charge in [0.15, 0.2) is 0 Å². The molecule has 0 aliphatic heterocycles. The lowest BCUT2D eigenvalue weighted by atomic mass is 10.0. The zero-order chi connectivity index (χ0) is 22.0. The highest BCUT2D eigenvalue weighted by Crippen LogP contribution is 2.04. The van der Waals surface area contributed by atoms with Crippen LogP contribution in [0.25, 0.3) is 0 Å². The molecule has 8 N–H and O–H groups in total. The van der Waals surface area contributed by atoms with Crippen molar-refractivity contribution in [2.45, 2.75) is 37.6 Å². The molecule has 0 heterocycles. The number of carboxylic acids is 1. The third kappa shape index (κ3) is 8.25. The van der Waals surface area contributed by atoms with Crippen LogP contribution in [0.4, 0.5) is 0 Å². The lowest BCUT2D eigenvalue weighted by Crippen LogP contribution is -2.55. The molecule has 0 aliphatic carbocycles. The second-order valence-corrected chi connectivity index (χ2v) is 6.38. The van der Waals surface area contributed by atoms with E-state index in [9.17, 15) is 24.3 Å². The van der Waals surface area contributed by atoms with Crippen LogP contribution in [-0.2, 0) is 25.6 Å². The first-order chi connectivity index (χ1) is 13.6. The highest BCUT2D eigenvalue weighted by molar-refractivity contribution is 5.92. The van der Waals surface area contributed by atoms with Gasteiger partial charge in [0.25, 0.3) is 0 Å². The number of aliphatic hydroxyl groups excluding tert-OH is 2. The van der Waals surface area contributed by atoms with Crippen molar-refractivity contribution in [1.82, 2.24) is 16.0 Å². The third-order valence-corrected chi connectivity index (χ3v) is 3.98. The Hall–Kier alpha value is -3.02. The lowest BCUT2D eigenvalue weighted by Gasteiger charge is -2.21. The number of benzene rings is 1. The molecule has 0 fully saturated rings. The summed E-state index contributed by atoms with van der Waals surface area (Å²) in [7, 11) is 0. The first-order valence-electron chi connectivity index (χ1n) is 8.84. The van der Waals surface area contributed by atoms with Gasteiger partial charge >= 0.3 is 5.97 Å². The Balaban J connectivity index is 2.80. The highest BCUT2D eigenvalue weighted by Gasteiger charge is 2.27. The molecular weight excluding hydrogens is 384 g/mol. The van der Waals surface area contributed by atoms with Crippen LogP contribution < -0.4 is 21.7 Å². The predicted octanol–water partition coefficient (Wildman–Crippen LogP) is -2.90. The molecule has 4 atom stereocenters. The van der Waals surface area contributed by atoms with Crippen molar-refractivity contribution in [3.05, 3.63) is 35.9 Å². The van der Waals surface area contributed by atoms with Crippen LogP contribution in [0.3, 0.4) is 0 Å². The highest BCUT2D eigenvalue weighted by atomic mass is 16.4. The van der Waals surface area contributed by atoms with E-state index in [0.29, 0.717) is 5.56 Å². The molecule has 11 heteroatoms. The molecule has 0 saturated heterocycles. The second kappa shape index (κ2) is 11.7. The van der Waals surface area contributed by atoms with Crippen LogP contribution in [0.1, 0.15) is 12.5 Å². The summed E-state index contributed by atoms with van der Waals surface area (Å²) < 4.78 is 0. The maximum Gasteiger partial charge on any atom is 0.328 e. The molecule has 0 radical (unpaired) electrons. The average Bonchev–Trinajstić information content (AvgIpc) is 2.69. The number of nitrogens with two attached hydrogens (primary N) is 1. The van der Waals surface area contributed by atoms with Gasteiger partial charge in [-0.25, -0.2) is 4.79 Å². The Morgan fingerprint density at radius 3 is 2.17 bits per heavy atom. The van der Waals surface area contributed by atoms with Crippen LogP contribution in [0.5, 0.6) is 0 Å². The van der Waals surface area contributed by atoms with E-state index in [1.54, 1.807) is 30.3 Å². The Morgan fingerprint density at radius 1 is 1.03 bits per heavy atom. The third-order valence-electron chi connectivity index (χ3n) is 3.98. The van der Waals surface area contributed by atoms with E-state index in [-0.39, 0.29) is 6.42 Å². The van der Waals surface area contributed by atoms with E-state index in [0.717, 1.165) is 0 Å². The smallest absolute Gasteiger partial charge is 0.328 e. The number of carbonyl (C=O) groups is 4. The summed E-state index contributed by atoms with van der Waals surface area (Å²) in [6.45, 7) is 0.00508. The van der Waals surface area contributed by atoms with Crippen LogP contribution in [0.15, 0.2) is 30.3 Å².